The lowest BCUT2D eigenvalue weighted by atomic mass is 9.84. The summed E-state index contributed by atoms with van der Waals surface area (Å²) in [6.07, 6.45) is 0.361. The fourth-order valence-corrected chi connectivity index (χ4v) is 1.58. The predicted molar refractivity (Wildman–Crippen MR) is 59.3 cm³/mol. The van der Waals surface area contributed by atoms with Crippen molar-refractivity contribution in [2.75, 3.05) is 13.1 Å². The molecule has 0 aliphatic carbocycles. The van der Waals surface area contributed by atoms with E-state index in [0.717, 1.165) is 0 Å². The Hall–Kier alpha value is -0.610. The van der Waals surface area contributed by atoms with E-state index >= 15 is 0 Å². The molecule has 4 nitrogen and oxygen atoms in total. The summed E-state index contributed by atoms with van der Waals surface area (Å²) in [5.74, 6) is 0.0453. The van der Waals surface area contributed by atoms with Gasteiger partial charge in [-0.3, -0.25) is 4.79 Å². The van der Waals surface area contributed by atoms with Crippen LogP contribution in [0, 0.1) is 5.41 Å². The van der Waals surface area contributed by atoms with Crippen LogP contribution in [0.2, 0.25) is 0 Å². The molecule has 3 N–H and O–H groups in total. The summed E-state index contributed by atoms with van der Waals surface area (Å²) in [6.45, 7) is 8.68. The van der Waals surface area contributed by atoms with Crippen LogP contribution in [0.15, 0.2) is 0 Å². The minimum atomic E-state index is -0.693. The Bertz CT molecular complexity index is 248. The Kier molecular flexibility index (Phi) is 3.12. The number of rotatable bonds is 2. The van der Waals surface area contributed by atoms with E-state index in [1.807, 2.05) is 20.8 Å². The fourth-order valence-electron chi connectivity index (χ4n) is 1.58. The summed E-state index contributed by atoms with van der Waals surface area (Å²) in [6, 6.07) is -0.129. The van der Waals surface area contributed by atoms with Gasteiger partial charge in [-0.25, -0.2) is 0 Å². The SMILES string of the molecule is CC1(O)CN(C(=O)CC(N)C(C)(C)C)C1. The standard InChI is InChI=1S/C11H22N2O2/c1-10(2,3)8(12)5-9(14)13-6-11(4,15)7-13/h8,15H,5-7,12H2,1-4H3. The number of β-amino-alcohol motifs (C(OH)–C–C–N with tert-alkyl or cyclic N) is 1. The maximum absolute atomic E-state index is 11.7. The second-order valence-electron chi connectivity index (χ2n) is 5.92. The summed E-state index contributed by atoms with van der Waals surface area (Å²) >= 11 is 0. The Morgan fingerprint density at radius 3 is 2.33 bits per heavy atom. The lowest BCUT2D eigenvalue weighted by Gasteiger charge is -2.45. The number of aliphatic hydroxyl groups is 1. The Morgan fingerprint density at radius 2 is 2.00 bits per heavy atom. The summed E-state index contributed by atoms with van der Waals surface area (Å²) in [5, 5.41) is 9.50. The Labute approximate surface area is 91.4 Å². The van der Waals surface area contributed by atoms with E-state index in [0.29, 0.717) is 19.5 Å². The fraction of sp³-hybridized carbons (Fsp3) is 0.909. The number of nitrogens with zero attached hydrogens (tertiary/aromatic N) is 1. The maximum Gasteiger partial charge on any atom is 0.224 e. The van der Waals surface area contributed by atoms with Gasteiger partial charge < -0.3 is 15.7 Å². The molecule has 0 aromatic carbocycles. The molecule has 0 spiro atoms. The van der Waals surface area contributed by atoms with Crippen LogP contribution in [-0.4, -0.2) is 40.6 Å². The zero-order chi connectivity index (χ0) is 11.9. The molecule has 0 saturated carbocycles. The highest BCUT2D eigenvalue weighted by Gasteiger charge is 2.40. The van der Waals surface area contributed by atoms with Crippen LogP contribution in [0.1, 0.15) is 34.1 Å². The van der Waals surface area contributed by atoms with Gasteiger partial charge in [0.25, 0.3) is 0 Å². The molecule has 1 amide bonds. The molecular formula is C11H22N2O2. The summed E-state index contributed by atoms with van der Waals surface area (Å²) in [7, 11) is 0. The van der Waals surface area contributed by atoms with Crippen molar-refractivity contribution in [3.63, 3.8) is 0 Å². The van der Waals surface area contributed by atoms with Gasteiger partial charge in [0, 0.05) is 12.5 Å². The molecule has 1 heterocycles. The van der Waals surface area contributed by atoms with Crippen molar-refractivity contribution in [2.45, 2.75) is 45.8 Å². The van der Waals surface area contributed by atoms with Crippen LogP contribution in [-0.2, 0) is 4.79 Å². The number of carbonyl (C=O) groups excluding carboxylic acids is 1. The monoisotopic (exact) mass is 214 g/mol. The van der Waals surface area contributed by atoms with E-state index in [1.54, 1.807) is 11.8 Å². The molecule has 15 heavy (non-hydrogen) atoms. The smallest absolute Gasteiger partial charge is 0.224 e. The Balaban J connectivity index is 2.38. The van der Waals surface area contributed by atoms with Gasteiger partial charge in [-0.1, -0.05) is 20.8 Å². The van der Waals surface area contributed by atoms with Crippen LogP contribution >= 0.6 is 0 Å². The molecular weight excluding hydrogens is 192 g/mol. The quantitative estimate of drug-likeness (QED) is 0.696. The minimum Gasteiger partial charge on any atom is -0.386 e. The van der Waals surface area contributed by atoms with Crippen LogP contribution in [0.25, 0.3) is 0 Å². The topological polar surface area (TPSA) is 66.6 Å². The van der Waals surface area contributed by atoms with E-state index in [2.05, 4.69) is 0 Å². The molecule has 0 bridgehead atoms. The number of carbonyl (C=O) groups is 1. The van der Waals surface area contributed by atoms with Gasteiger partial charge in [-0.2, -0.15) is 0 Å². The highest BCUT2D eigenvalue weighted by atomic mass is 16.3. The second-order valence-corrected chi connectivity index (χ2v) is 5.92. The van der Waals surface area contributed by atoms with Gasteiger partial charge in [0.1, 0.15) is 0 Å². The van der Waals surface area contributed by atoms with Crippen molar-refractivity contribution in [1.29, 1.82) is 0 Å². The third kappa shape index (κ3) is 3.18. The summed E-state index contributed by atoms with van der Waals surface area (Å²) in [4.78, 5) is 13.4. The molecule has 1 saturated heterocycles. The largest absolute Gasteiger partial charge is 0.386 e. The molecule has 4 heteroatoms. The van der Waals surface area contributed by atoms with E-state index in [9.17, 15) is 9.90 Å². The number of nitrogens with two attached hydrogens (primary N) is 1. The molecule has 0 aromatic rings. The van der Waals surface area contributed by atoms with Gasteiger partial charge in [0.05, 0.1) is 18.7 Å². The van der Waals surface area contributed by atoms with Crippen LogP contribution < -0.4 is 5.73 Å². The average Bonchev–Trinajstić information content (AvgIpc) is 1.97. The van der Waals surface area contributed by atoms with Crippen molar-refractivity contribution in [1.82, 2.24) is 4.90 Å². The van der Waals surface area contributed by atoms with Crippen molar-refractivity contribution in [2.24, 2.45) is 11.1 Å². The van der Waals surface area contributed by atoms with Crippen LogP contribution in [0.5, 0.6) is 0 Å². The van der Waals surface area contributed by atoms with E-state index in [4.69, 9.17) is 5.73 Å². The normalized spacial score (nSPS) is 22.1. The first-order valence-electron chi connectivity index (χ1n) is 5.37. The molecule has 1 aliphatic heterocycles. The average molecular weight is 214 g/mol. The molecule has 1 rings (SSSR count). The molecule has 0 aromatic heterocycles. The van der Waals surface area contributed by atoms with E-state index in [-0.39, 0.29) is 17.4 Å². The zero-order valence-corrected chi connectivity index (χ0v) is 10.1. The predicted octanol–water partition coefficient (Wildman–Crippen LogP) is 0.343. The first-order chi connectivity index (χ1) is 6.62. The van der Waals surface area contributed by atoms with Crippen molar-refractivity contribution < 1.29 is 9.90 Å². The van der Waals surface area contributed by atoms with Gasteiger partial charge in [-0.05, 0) is 12.3 Å². The van der Waals surface area contributed by atoms with Gasteiger partial charge >= 0.3 is 0 Å². The highest BCUT2D eigenvalue weighted by molar-refractivity contribution is 5.78. The lowest BCUT2D eigenvalue weighted by molar-refractivity contribution is -0.153. The molecule has 1 aliphatic rings. The second kappa shape index (κ2) is 3.76. The lowest BCUT2D eigenvalue weighted by Crippen LogP contribution is -2.62. The number of likely N-dealkylation sites (tertiary alicyclic amines) is 1. The number of amides is 1. The van der Waals surface area contributed by atoms with E-state index < -0.39 is 5.60 Å². The van der Waals surface area contributed by atoms with E-state index in [1.165, 1.54) is 0 Å². The molecule has 1 atom stereocenters. The molecule has 88 valence electrons. The van der Waals surface area contributed by atoms with Crippen molar-refractivity contribution in [3.05, 3.63) is 0 Å². The molecule has 0 radical (unpaired) electrons. The first-order valence-corrected chi connectivity index (χ1v) is 5.37. The number of hydrogen-bond acceptors (Lipinski definition) is 3. The third-order valence-corrected chi connectivity index (χ3v) is 2.92. The zero-order valence-electron chi connectivity index (χ0n) is 10.1. The Morgan fingerprint density at radius 1 is 1.53 bits per heavy atom. The van der Waals surface area contributed by atoms with Gasteiger partial charge in [0.15, 0.2) is 0 Å². The van der Waals surface area contributed by atoms with Crippen LogP contribution in [0.4, 0.5) is 0 Å². The summed E-state index contributed by atoms with van der Waals surface area (Å²) in [5.41, 5.74) is 5.18. The van der Waals surface area contributed by atoms with Gasteiger partial charge in [-0.15, -0.1) is 0 Å². The summed E-state index contributed by atoms with van der Waals surface area (Å²) < 4.78 is 0. The minimum absolute atomic E-state index is 0.0453. The molecule has 1 unspecified atom stereocenters. The first kappa shape index (κ1) is 12.5. The van der Waals surface area contributed by atoms with Gasteiger partial charge in [0.2, 0.25) is 5.91 Å². The highest BCUT2D eigenvalue weighted by Crippen LogP contribution is 2.24. The maximum atomic E-state index is 11.7. The van der Waals surface area contributed by atoms with Crippen molar-refractivity contribution in [3.8, 4) is 0 Å². The molecule has 1 fully saturated rings. The van der Waals surface area contributed by atoms with Crippen LogP contribution in [0.3, 0.4) is 0 Å². The number of hydrogen-bond donors (Lipinski definition) is 2. The van der Waals surface area contributed by atoms with Crippen molar-refractivity contribution >= 4 is 5.91 Å². The third-order valence-electron chi connectivity index (χ3n) is 2.92.